The Labute approximate surface area is 111 Å². The summed E-state index contributed by atoms with van der Waals surface area (Å²) in [4.78, 5) is 13.9. The fraction of sp³-hybridized carbons (Fsp3) is 0.500. The lowest BCUT2D eigenvalue weighted by Gasteiger charge is -2.21. The van der Waals surface area contributed by atoms with E-state index in [1.807, 2.05) is 4.90 Å². The Kier molecular flexibility index (Phi) is 4.47. The molecule has 0 spiro atoms. The minimum atomic E-state index is -0.863. The molecule has 1 unspecified atom stereocenters. The highest BCUT2D eigenvalue weighted by molar-refractivity contribution is 5.81. The van der Waals surface area contributed by atoms with Crippen molar-refractivity contribution in [1.82, 2.24) is 10.2 Å². The average molecular weight is 268 g/mol. The summed E-state index contributed by atoms with van der Waals surface area (Å²) < 4.78 is 25.8. The molecule has 0 aliphatic carbocycles. The molecular weight excluding hydrogens is 250 g/mol. The van der Waals surface area contributed by atoms with E-state index < -0.39 is 11.6 Å². The standard InChI is InChI=1S/C14H18F2N2O/c1-10(14(19)18-6-2-3-7-18)17-9-11-4-5-12(15)13(16)8-11/h4-5,8,10,17H,2-3,6-7,9H2,1H3. The Morgan fingerprint density at radius 2 is 2.00 bits per heavy atom. The van der Waals surface area contributed by atoms with Crippen LogP contribution in [0.5, 0.6) is 0 Å². The molecule has 1 amide bonds. The van der Waals surface area contributed by atoms with Gasteiger partial charge < -0.3 is 10.2 Å². The molecule has 0 radical (unpaired) electrons. The Bertz CT molecular complexity index is 459. The van der Waals surface area contributed by atoms with Crippen LogP contribution < -0.4 is 5.32 Å². The first-order valence-electron chi connectivity index (χ1n) is 6.54. The number of carbonyl (C=O) groups excluding carboxylic acids is 1. The Hall–Kier alpha value is -1.49. The molecule has 2 rings (SSSR count). The number of likely N-dealkylation sites (tertiary alicyclic amines) is 1. The van der Waals surface area contributed by atoms with E-state index >= 15 is 0 Å². The molecule has 0 aromatic heterocycles. The maximum absolute atomic E-state index is 13.0. The lowest BCUT2D eigenvalue weighted by molar-refractivity contribution is -0.131. The Balaban J connectivity index is 1.87. The highest BCUT2D eigenvalue weighted by atomic mass is 19.2. The number of amides is 1. The number of carbonyl (C=O) groups is 1. The number of hydrogen-bond donors (Lipinski definition) is 1. The van der Waals surface area contributed by atoms with Gasteiger partial charge in [-0.15, -0.1) is 0 Å². The molecule has 0 saturated carbocycles. The summed E-state index contributed by atoms with van der Waals surface area (Å²) in [5.74, 6) is -1.65. The summed E-state index contributed by atoms with van der Waals surface area (Å²) in [5, 5.41) is 3.04. The van der Waals surface area contributed by atoms with Crippen molar-refractivity contribution in [2.75, 3.05) is 13.1 Å². The van der Waals surface area contributed by atoms with E-state index in [9.17, 15) is 13.6 Å². The first-order chi connectivity index (χ1) is 9.08. The van der Waals surface area contributed by atoms with Gasteiger partial charge in [0.05, 0.1) is 6.04 Å². The van der Waals surface area contributed by atoms with Crippen molar-refractivity contribution in [1.29, 1.82) is 0 Å². The summed E-state index contributed by atoms with van der Waals surface area (Å²) in [6.45, 7) is 3.77. The molecule has 1 N–H and O–H groups in total. The molecule has 1 fully saturated rings. The largest absolute Gasteiger partial charge is 0.341 e. The molecular formula is C14H18F2N2O. The SMILES string of the molecule is CC(NCc1ccc(F)c(F)c1)C(=O)N1CCCC1. The fourth-order valence-electron chi connectivity index (χ4n) is 2.22. The second-order valence-corrected chi connectivity index (χ2v) is 4.88. The summed E-state index contributed by atoms with van der Waals surface area (Å²) >= 11 is 0. The van der Waals surface area contributed by atoms with Gasteiger partial charge in [-0.25, -0.2) is 8.78 Å². The van der Waals surface area contributed by atoms with Crippen molar-refractivity contribution in [3.05, 3.63) is 35.4 Å². The van der Waals surface area contributed by atoms with Gasteiger partial charge in [0.25, 0.3) is 0 Å². The third kappa shape index (κ3) is 3.50. The van der Waals surface area contributed by atoms with Gasteiger partial charge in [0.1, 0.15) is 0 Å². The summed E-state index contributed by atoms with van der Waals surface area (Å²) in [6, 6.07) is 3.44. The minimum Gasteiger partial charge on any atom is -0.341 e. The number of rotatable bonds is 4. The van der Waals surface area contributed by atoms with Crippen molar-refractivity contribution in [2.24, 2.45) is 0 Å². The Morgan fingerprint density at radius 3 is 2.63 bits per heavy atom. The molecule has 5 heteroatoms. The zero-order chi connectivity index (χ0) is 13.8. The van der Waals surface area contributed by atoms with E-state index in [2.05, 4.69) is 5.32 Å². The van der Waals surface area contributed by atoms with Crippen LogP contribution >= 0.6 is 0 Å². The molecule has 1 atom stereocenters. The molecule has 104 valence electrons. The van der Waals surface area contributed by atoms with Gasteiger partial charge in [-0.3, -0.25) is 4.79 Å². The van der Waals surface area contributed by atoms with Crippen LogP contribution in [0.3, 0.4) is 0 Å². The van der Waals surface area contributed by atoms with Crippen molar-refractivity contribution in [3.63, 3.8) is 0 Å². The van der Waals surface area contributed by atoms with Crippen LogP contribution in [0, 0.1) is 11.6 Å². The normalized spacial score (nSPS) is 16.7. The molecule has 1 heterocycles. The number of hydrogen-bond acceptors (Lipinski definition) is 2. The zero-order valence-electron chi connectivity index (χ0n) is 11.0. The highest BCUT2D eigenvalue weighted by Crippen LogP contribution is 2.11. The van der Waals surface area contributed by atoms with E-state index in [1.165, 1.54) is 6.07 Å². The topological polar surface area (TPSA) is 32.3 Å². The van der Waals surface area contributed by atoms with Crippen LogP contribution in [-0.2, 0) is 11.3 Å². The summed E-state index contributed by atoms with van der Waals surface area (Å²) in [7, 11) is 0. The predicted molar refractivity (Wildman–Crippen MR) is 68.5 cm³/mol. The molecule has 1 aromatic rings. The van der Waals surface area contributed by atoms with Gasteiger partial charge in [-0.1, -0.05) is 6.07 Å². The Morgan fingerprint density at radius 1 is 1.32 bits per heavy atom. The fourth-order valence-corrected chi connectivity index (χ4v) is 2.22. The second-order valence-electron chi connectivity index (χ2n) is 4.88. The maximum Gasteiger partial charge on any atom is 0.239 e. The van der Waals surface area contributed by atoms with Gasteiger partial charge in [0, 0.05) is 19.6 Å². The van der Waals surface area contributed by atoms with E-state index in [0.717, 1.165) is 38.1 Å². The van der Waals surface area contributed by atoms with E-state index in [4.69, 9.17) is 0 Å². The lowest BCUT2D eigenvalue weighted by Crippen LogP contribution is -2.43. The van der Waals surface area contributed by atoms with E-state index in [1.54, 1.807) is 6.92 Å². The molecule has 0 bridgehead atoms. The molecule has 1 aromatic carbocycles. The van der Waals surface area contributed by atoms with Crippen molar-refractivity contribution in [2.45, 2.75) is 32.4 Å². The number of benzene rings is 1. The van der Waals surface area contributed by atoms with Gasteiger partial charge in [-0.2, -0.15) is 0 Å². The first-order valence-corrected chi connectivity index (χ1v) is 6.54. The van der Waals surface area contributed by atoms with Crippen LogP contribution in [0.2, 0.25) is 0 Å². The zero-order valence-corrected chi connectivity index (χ0v) is 11.0. The minimum absolute atomic E-state index is 0.0695. The summed E-state index contributed by atoms with van der Waals surface area (Å²) in [6.07, 6.45) is 2.11. The summed E-state index contributed by atoms with van der Waals surface area (Å²) in [5.41, 5.74) is 0.625. The third-order valence-corrected chi connectivity index (χ3v) is 3.38. The second kappa shape index (κ2) is 6.10. The third-order valence-electron chi connectivity index (χ3n) is 3.38. The van der Waals surface area contributed by atoms with E-state index in [-0.39, 0.29) is 11.9 Å². The quantitative estimate of drug-likeness (QED) is 0.906. The predicted octanol–water partition coefficient (Wildman–Crippen LogP) is 2.07. The molecule has 1 aliphatic heterocycles. The number of nitrogens with one attached hydrogen (secondary N) is 1. The highest BCUT2D eigenvalue weighted by Gasteiger charge is 2.22. The molecule has 19 heavy (non-hydrogen) atoms. The van der Waals surface area contributed by atoms with Gasteiger partial charge >= 0.3 is 0 Å². The van der Waals surface area contributed by atoms with Crippen LogP contribution in [0.15, 0.2) is 18.2 Å². The van der Waals surface area contributed by atoms with Crippen LogP contribution in [0.25, 0.3) is 0 Å². The maximum atomic E-state index is 13.0. The van der Waals surface area contributed by atoms with Gasteiger partial charge in [0.2, 0.25) is 5.91 Å². The number of nitrogens with zero attached hydrogens (tertiary/aromatic N) is 1. The van der Waals surface area contributed by atoms with E-state index in [0.29, 0.717) is 12.1 Å². The van der Waals surface area contributed by atoms with Crippen molar-refractivity contribution in [3.8, 4) is 0 Å². The molecule has 3 nitrogen and oxygen atoms in total. The van der Waals surface area contributed by atoms with Gasteiger partial charge in [0.15, 0.2) is 11.6 Å². The number of halogens is 2. The van der Waals surface area contributed by atoms with Crippen molar-refractivity contribution >= 4 is 5.91 Å². The first kappa shape index (κ1) is 13.9. The smallest absolute Gasteiger partial charge is 0.239 e. The van der Waals surface area contributed by atoms with Crippen LogP contribution in [0.4, 0.5) is 8.78 Å². The van der Waals surface area contributed by atoms with Crippen LogP contribution in [0.1, 0.15) is 25.3 Å². The average Bonchev–Trinajstić information content (AvgIpc) is 2.93. The monoisotopic (exact) mass is 268 g/mol. The van der Waals surface area contributed by atoms with Gasteiger partial charge in [-0.05, 0) is 37.5 Å². The molecule has 1 saturated heterocycles. The van der Waals surface area contributed by atoms with Crippen molar-refractivity contribution < 1.29 is 13.6 Å². The van der Waals surface area contributed by atoms with Crippen LogP contribution in [-0.4, -0.2) is 29.9 Å². The lowest BCUT2D eigenvalue weighted by atomic mass is 10.2. The molecule has 1 aliphatic rings.